The number of anilines is 3. The summed E-state index contributed by atoms with van der Waals surface area (Å²) in [4.78, 5) is 18.1. The minimum Gasteiger partial charge on any atom is -0.441 e. The molecule has 1 atom stereocenters. The second kappa shape index (κ2) is 10.7. The minimum absolute atomic E-state index is 0.102. The SMILES string of the molecule is C=C/C=C(\C=C)N(C)c1ccc2c(c1)C(C)(C)c1cc(N(C)c3ccccc3)ccc1C21OC(=O)c2ccc(C(C)(C)C)cc21. The summed E-state index contributed by atoms with van der Waals surface area (Å²) >= 11 is 0. The van der Waals surface area contributed by atoms with E-state index in [9.17, 15) is 4.79 Å². The lowest BCUT2D eigenvalue weighted by atomic mass is 9.61. The molecule has 0 saturated carbocycles. The molecule has 1 aliphatic heterocycles. The number of rotatable bonds is 6. The van der Waals surface area contributed by atoms with Gasteiger partial charge in [-0.2, -0.15) is 0 Å². The summed E-state index contributed by atoms with van der Waals surface area (Å²) in [5, 5.41) is 0. The first-order valence-electron chi connectivity index (χ1n) is 15.5. The summed E-state index contributed by atoms with van der Waals surface area (Å²) in [6.07, 6.45) is 5.55. The second-order valence-corrected chi connectivity index (χ2v) is 13.7. The molecule has 4 nitrogen and oxygen atoms in total. The predicted molar refractivity (Wildman–Crippen MR) is 187 cm³/mol. The highest BCUT2D eigenvalue weighted by molar-refractivity contribution is 5.97. The summed E-state index contributed by atoms with van der Waals surface area (Å²) in [6, 6.07) is 29.7. The largest absolute Gasteiger partial charge is 0.441 e. The van der Waals surface area contributed by atoms with Gasteiger partial charge in [0.2, 0.25) is 0 Å². The Labute approximate surface area is 268 Å². The van der Waals surface area contributed by atoms with Crippen molar-refractivity contribution in [3.8, 4) is 0 Å². The summed E-state index contributed by atoms with van der Waals surface area (Å²) in [7, 11) is 4.12. The van der Waals surface area contributed by atoms with E-state index < -0.39 is 11.0 Å². The summed E-state index contributed by atoms with van der Waals surface area (Å²) < 4.78 is 6.66. The molecule has 4 aromatic carbocycles. The number of hydrogen-bond acceptors (Lipinski definition) is 4. The van der Waals surface area contributed by atoms with Gasteiger partial charge in [0.15, 0.2) is 5.60 Å². The molecule has 4 heteroatoms. The smallest absolute Gasteiger partial charge is 0.340 e. The highest BCUT2D eigenvalue weighted by Gasteiger charge is 2.56. The van der Waals surface area contributed by atoms with Gasteiger partial charge in [0.1, 0.15) is 0 Å². The highest BCUT2D eigenvalue weighted by Crippen LogP contribution is 2.58. The molecule has 0 saturated heterocycles. The first-order chi connectivity index (χ1) is 21.3. The van der Waals surface area contributed by atoms with Gasteiger partial charge in [-0.3, -0.25) is 0 Å². The normalized spacial score (nSPS) is 18.0. The van der Waals surface area contributed by atoms with Crippen molar-refractivity contribution in [2.45, 2.75) is 51.0 Å². The van der Waals surface area contributed by atoms with Gasteiger partial charge < -0.3 is 14.5 Å². The van der Waals surface area contributed by atoms with Crippen LogP contribution in [0.25, 0.3) is 0 Å². The third-order valence-corrected chi connectivity index (χ3v) is 9.65. The maximum atomic E-state index is 13.7. The van der Waals surface area contributed by atoms with E-state index in [4.69, 9.17) is 4.74 Å². The van der Waals surface area contributed by atoms with E-state index in [0.717, 1.165) is 56.1 Å². The van der Waals surface area contributed by atoms with Gasteiger partial charge in [0.05, 0.1) is 5.56 Å². The lowest BCUT2D eigenvalue weighted by Crippen LogP contribution is -2.41. The van der Waals surface area contributed by atoms with Gasteiger partial charge in [-0.25, -0.2) is 4.79 Å². The van der Waals surface area contributed by atoms with Crippen LogP contribution in [0.3, 0.4) is 0 Å². The Morgan fingerprint density at radius 3 is 1.98 bits per heavy atom. The lowest BCUT2D eigenvalue weighted by Gasteiger charge is -2.45. The number of ether oxygens (including phenoxy) is 1. The van der Waals surface area contributed by atoms with Crippen molar-refractivity contribution >= 4 is 23.0 Å². The van der Waals surface area contributed by atoms with Gasteiger partial charge in [-0.05, 0) is 82.8 Å². The van der Waals surface area contributed by atoms with E-state index in [1.165, 1.54) is 0 Å². The molecule has 0 bridgehead atoms. The Morgan fingerprint density at radius 2 is 1.38 bits per heavy atom. The molecule has 0 fully saturated rings. The van der Waals surface area contributed by atoms with Crippen LogP contribution in [0.4, 0.5) is 17.1 Å². The molecule has 228 valence electrons. The Morgan fingerprint density at radius 1 is 0.756 bits per heavy atom. The molecule has 1 unspecified atom stereocenters. The van der Waals surface area contributed by atoms with Gasteiger partial charge in [-0.1, -0.05) is 90.3 Å². The van der Waals surface area contributed by atoms with E-state index >= 15 is 0 Å². The summed E-state index contributed by atoms with van der Waals surface area (Å²) in [5.41, 5.74) is 9.45. The number of nitrogens with zero attached hydrogens (tertiary/aromatic N) is 2. The standard InChI is InChI=1S/C41H42N2O2/c1-10-15-28(11-2)42(8)30-19-22-33-36(25-30)40(6,7)37-26-31(43(9)29-16-13-12-14-17-29)20-23-34(37)41(33)35-24-27(39(3,4)5)18-21-32(35)38(44)45-41/h10-26H,1-2H2,3-9H3/b28-15+. The van der Waals surface area contributed by atoms with Crippen molar-refractivity contribution in [3.05, 3.63) is 161 Å². The zero-order chi connectivity index (χ0) is 32.3. The summed E-state index contributed by atoms with van der Waals surface area (Å²) in [6.45, 7) is 19.0. The van der Waals surface area contributed by atoms with Gasteiger partial charge >= 0.3 is 5.97 Å². The van der Waals surface area contributed by atoms with Gasteiger partial charge in [-0.15, -0.1) is 0 Å². The molecule has 4 aromatic rings. The van der Waals surface area contributed by atoms with Crippen molar-refractivity contribution in [2.24, 2.45) is 0 Å². The van der Waals surface area contributed by atoms with E-state index in [2.05, 4.69) is 137 Å². The average Bonchev–Trinajstić information content (AvgIpc) is 3.33. The van der Waals surface area contributed by atoms with Crippen molar-refractivity contribution in [3.63, 3.8) is 0 Å². The van der Waals surface area contributed by atoms with Crippen LogP contribution in [0.2, 0.25) is 0 Å². The molecule has 1 heterocycles. The molecule has 1 aliphatic carbocycles. The fraction of sp³-hybridized carbons (Fsp3) is 0.244. The molecule has 0 radical (unpaired) electrons. The number of carbonyl (C=O) groups excluding carboxylic acids is 1. The Bertz CT molecular complexity index is 1880. The monoisotopic (exact) mass is 594 g/mol. The third-order valence-electron chi connectivity index (χ3n) is 9.65. The van der Waals surface area contributed by atoms with Crippen LogP contribution in [0.1, 0.15) is 78.4 Å². The number of esters is 1. The Balaban J connectivity index is 1.66. The number of benzene rings is 4. The lowest BCUT2D eigenvalue weighted by molar-refractivity contribution is 0.0231. The highest BCUT2D eigenvalue weighted by atomic mass is 16.6. The number of allylic oxidation sites excluding steroid dienone is 3. The van der Waals surface area contributed by atoms with Crippen LogP contribution in [0.5, 0.6) is 0 Å². The third kappa shape index (κ3) is 4.63. The maximum absolute atomic E-state index is 13.7. The summed E-state index contributed by atoms with van der Waals surface area (Å²) in [5.74, 6) is -0.295. The molecule has 45 heavy (non-hydrogen) atoms. The molecular weight excluding hydrogens is 552 g/mol. The van der Waals surface area contributed by atoms with Crippen LogP contribution in [-0.2, 0) is 21.2 Å². The van der Waals surface area contributed by atoms with Crippen molar-refractivity contribution < 1.29 is 9.53 Å². The number of carbonyl (C=O) groups is 1. The van der Waals surface area contributed by atoms with E-state index in [0.29, 0.717) is 5.56 Å². The molecule has 6 rings (SSSR count). The molecule has 2 aliphatic rings. The maximum Gasteiger partial charge on any atom is 0.340 e. The average molecular weight is 595 g/mol. The van der Waals surface area contributed by atoms with Crippen molar-refractivity contribution in [2.75, 3.05) is 23.9 Å². The fourth-order valence-electron chi connectivity index (χ4n) is 6.94. The van der Waals surface area contributed by atoms with Gasteiger partial charge in [0.25, 0.3) is 0 Å². The Hall–Kier alpha value is -4.83. The predicted octanol–water partition coefficient (Wildman–Crippen LogP) is 9.55. The fourth-order valence-corrected chi connectivity index (χ4v) is 6.94. The molecule has 0 amide bonds. The topological polar surface area (TPSA) is 32.8 Å². The van der Waals surface area contributed by atoms with Crippen molar-refractivity contribution in [1.82, 2.24) is 0 Å². The number of fused-ring (bicyclic) bond motifs is 6. The van der Waals surface area contributed by atoms with Crippen LogP contribution >= 0.6 is 0 Å². The number of likely N-dealkylation sites (N-methyl/N-ethyl adjacent to an activating group) is 1. The number of para-hydroxylation sites is 1. The second-order valence-electron chi connectivity index (χ2n) is 13.7. The molecule has 0 N–H and O–H groups in total. The zero-order valence-electron chi connectivity index (χ0n) is 27.4. The molecular formula is C41H42N2O2. The quantitative estimate of drug-likeness (QED) is 0.164. The van der Waals surface area contributed by atoms with E-state index in [1.807, 2.05) is 31.3 Å². The minimum atomic E-state index is -1.08. The zero-order valence-corrected chi connectivity index (χ0v) is 27.4. The first kappa shape index (κ1) is 30.2. The van der Waals surface area contributed by atoms with Gasteiger partial charge in [0, 0.05) is 59.0 Å². The van der Waals surface area contributed by atoms with Crippen molar-refractivity contribution in [1.29, 1.82) is 0 Å². The molecule has 1 spiro atoms. The number of hydrogen-bond donors (Lipinski definition) is 0. The van der Waals surface area contributed by atoms with Crippen LogP contribution in [0.15, 0.2) is 122 Å². The first-order valence-corrected chi connectivity index (χ1v) is 15.5. The van der Waals surface area contributed by atoms with E-state index in [1.54, 1.807) is 6.08 Å². The van der Waals surface area contributed by atoms with Crippen LogP contribution < -0.4 is 9.80 Å². The Kier molecular flexibility index (Phi) is 7.16. The van der Waals surface area contributed by atoms with Crippen LogP contribution in [0, 0.1) is 0 Å². The van der Waals surface area contributed by atoms with Crippen LogP contribution in [-0.4, -0.2) is 20.1 Å². The molecule has 0 aromatic heterocycles. The van der Waals surface area contributed by atoms with E-state index in [-0.39, 0.29) is 11.4 Å².